The van der Waals surface area contributed by atoms with Crippen molar-refractivity contribution in [3.8, 4) is 0 Å². The van der Waals surface area contributed by atoms with E-state index in [1.54, 1.807) is 0 Å². The summed E-state index contributed by atoms with van der Waals surface area (Å²) < 4.78 is 0. The topological polar surface area (TPSA) is 37.3 Å². The summed E-state index contributed by atoms with van der Waals surface area (Å²) in [5.74, 6) is -0.648. The molecule has 0 fully saturated rings. The number of hydrogen-bond acceptors (Lipinski definition) is 1. The molecule has 0 bridgehead atoms. The van der Waals surface area contributed by atoms with Gasteiger partial charge in [-0.05, 0) is 12.8 Å². The van der Waals surface area contributed by atoms with Crippen molar-refractivity contribution >= 4 is 21.9 Å². The quantitative estimate of drug-likeness (QED) is 0.0553. The number of rotatable bonds is 36. The van der Waals surface area contributed by atoms with Gasteiger partial charge in [0.15, 0.2) is 0 Å². The van der Waals surface area contributed by atoms with E-state index >= 15 is 0 Å². The average Bonchev–Trinajstić information content (AvgIpc) is 2.95. The molecule has 0 aromatic carbocycles. The third-order valence-corrected chi connectivity index (χ3v) is 9.34. The predicted molar refractivity (Wildman–Crippen MR) is 183 cm³/mol. The highest BCUT2D eigenvalue weighted by atomic mass is 79.9. The minimum atomic E-state index is -0.648. The maximum absolute atomic E-state index is 10.5. The van der Waals surface area contributed by atoms with Gasteiger partial charge in [-0.15, -0.1) is 0 Å². The Balaban J connectivity index is 3.03. The van der Waals surface area contributed by atoms with E-state index in [2.05, 4.69) is 15.9 Å². The Hall–Kier alpha value is -0.0500. The van der Waals surface area contributed by atoms with Crippen LogP contribution in [0.3, 0.4) is 0 Å². The molecule has 0 rings (SSSR count). The lowest BCUT2D eigenvalue weighted by atomic mass is 10.0. The molecule has 240 valence electrons. The molecule has 0 aliphatic carbocycles. The lowest BCUT2D eigenvalue weighted by Crippen LogP contribution is -1.93. The van der Waals surface area contributed by atoms with Gasteiger partial charge in [-0.3, -0.25) is 4.79 Å². The summed E-state index contributed by atoms with van der Waals surface area (Å²) >= 11 is 3.52. The standard InChI is InChI=1S/C37H73BrO2/c38-36-34-32-30-28-26-24-22-20-18-16-14-12-10-8-6-4-2-1-3-5-7-9-11-13-15-17-19-21-23-25-27-29-31-33-35-37(39)40/h1-36H2,(H,39,40). The molecular weight excluding hydrogens is 556 g/mol. The molecule has 0 unspecified atom stereocenters. The molecule has 0 spiro atoms. The number of carbonyl (C=O) groups is 1. The Kier molecular flexibility index (Phi) is 36.9. The number of carboxylic acids is 1. The summed E-state index contributed by atoms with van der Waals surface area (Å²) in [5.41, 5.74) is 0. The number of unbranched alkanes of at least 4 members (excludes halogenated alkanes) is 33. The van der Waals surface area contributed by atoms with E-state index in [-0.39, 0.29) is 0 Å². The van der Waals surface area contributed by atoms with Gasteiger partial charge in [-0.25, -0.2) is 0 Å². The van der Waals surface area contributed by atoms with Gasteiger partial charge in [-0.2, -0.15) is 0 Å². The molecule has 0 aliphatic heterocycles. The molecule has 0 aromatic heterocycles. The molecule has 0 aromatic rings. The van der Waals surface area contributed by atoms with E-state index in [9.17, 15) is 4.79 Å². The van der Waals surface area contributed by atoms with Crippen molar-refractivity contribution in [2.45, 2.75) is 225 Å². The van der Waals surface area contributed by atoms with Gasteiger partial charge < -0.3 is 5.11 Å². The second-order valence-electron chi connectivity index (χ2n) is 12.9. The first kappa shape index (κ1) is 40.0. The maximum Gasteiger partial charge on any atom is 0.303 e. The van der Waals surface area contributed by atoms with Gasteiger partial charge in [0.2, 0.25) is 0 Å². The van der Waals surface area contributed by atoms with Crippen molar-refractivity contribution in [2.75, 3.05) is 5.33 Å². The Morgan fingerprint density at radius 2 is 0.450 bits per heavy atom. The van der Waals surface area contributed by atoms with Gasteiger partial charge in [0, 0.05) is 11.8 Å². The SMILES string of the molecule is O=C(O)CCCCCCCCCCCCCCCCCCCCCCCCCCCCCCCCCCCCBr. The van der Waals surface area contributed by atoms with Crippen LogP contribution >= 0.6 is 15.9 Å². The Morgan fingerprint density at radius 1 is 0.300 bits per heavy atom. The van der Waals surface area contributed by atoms with Crippen LogP contribution in [0.2, 0.25) is 0 Å². The van der Waals surface area contributed by atoms with Crippen LogP contribution in [0.5, 0.6) is 0 Å². The van der Waals surface area contributed by atoms with Gasteiger partial charge in [0.25, 0.3) is 0 Å². The highest BCUT2D eigenvalue weighted by molar-refractivity contribution is 9.09. The van der Waals surface area contributed by atoms with Crippen LogP contribution in [0.4, 0.5) is 0 Å². The first-order valence-electron chi connectivity index (χ1n) is 18.5. The van der Waals surface area contributed by atoms with E-state index in [0.717, 1.165) is 12.8 Å². The zero-order valence-corrected chi connectivity index (χ0v) is 28.8. The highest BCUT2D eigenvalue weighted by Crippen LogP contribution is 2.17. The molecule has 0 saturated carbocycles. The fraction of sp³-hybridized carbons (Fsp3) is 0.973. The number of hydrogen-bond donors (Lipinski definition) is 1. The number of alkyl halides is 1. The summed E-state index contributed by atoms with van der Waals surface area (Å²) in [6.45, 7) is 0. The molecule has 0 radical (unpaired) electrons. The molecule has 0 aliphatic rings. The Morgan fingerprint density at radius 3 is 0.600 bits per heavy atom. The lowest BCUT2D eigenvalue weighted by Gasteiger charge is -2.05. The number of aliphatic carboxylic acids is 1. The van der Waals surface area contributed by atoms with Crippen molar-refractivity contribution in [2.24, 2.45) is 0 Å². The molecular formula is C37H73BrO2. The minimum Gasteiger partial charge on any atom is -0.481 e. The van der Waals surface area contributed by atoms with Crippen molar-refractivity contribution < 1.29 is 9.90 Å². The highest BCUT2D eigenvalue weighted by Gasteiger charge is 1.98. The smallest absolute Gasteiger partial charge is 0.303 e. The summed E-state index contributed by atoms with van der Waals surface area (Å²) in [7, 11) is 0. The third kappa shape index (κ3) is 38.0. The number of carboxylic acid groups (broad SMARTS) is 1. The summed E-state index contributed by atoms with van der Waals surface area (Å²) in [6.07, 6.45) is 48.3. The Bertz CT molecular complexity index is 467. The van der Waals surface area contributed by atoms with E-state index < -0.39 is 5.97 Å². The zero-order chi connectivity index (χ0) is 29.0. The molecule has 40 heavy (non-hydrogen) atoms. The van der Waals surface area contributed by atoms with Gasteiger partial charge >= 0.3 is 5.97 Å². The maximum atomic E-state index is 10.5. The van der Waals surface area contributed by atoms with E-state index in [1.807, 2.05) is 0 Å². The molecule has 0 heterocycles. The first-order valence-corrected chi connectivity index (χ1v) is 19.7. The monoisotopic (exact) mass is 628 g/mol. The first-order chi connectivity index (χ1) is 19.8. The second kappa shape index (κ2) is 37.0. The molecule has 2 nitrogen and oxygen atoms in total. The second-order valence-corrected chi connectivity index (χ2v) is 13.6. The van der Waals surface area contributed by atoms with E-state index in [1.165, 1.54) is 211 Å². The fourth-order valence-corrected chi connectivity index (χ4v) is 6.42. The molecule has 0 saturated heterocycles. The van der Waals surface area contributed by atoms with E-state index in [4.69, 9.17) is 5.11 Å². The van der Waals surface area contributed by atoms with Crippen LogP contribution in [0.25, 0.3) is 0 Å². The van der Waals surface area contributed by atoms with E-state index in [0.29, 0.717) is 6.42 Å². The van der Waals surface area contributed by atoms with Crippen LogP contribution in [0, 0.1) is 0 Å². The lowest BCUT2D eigenvalue weighted by molar-refractivity contribution is -0.137. The summed E-state index contributed by atoms with van der Waals surface area (Å²) in [5, 5.41) is 9.82. The largest absolute Gasteiger partial charge is 0.481 e. The normalized spacial score (nSPS) is 11.4. The molecule has 0 amide bonds. The average molecular weight is 630 g/mol. The van der Waals surface area contributed by atoms with Gasteiger partial charge in [0.1, 0.15) is 0 Å². The van der Waals surface area contributed by atoms with Crippen molar-refractivity contribution in [1.82, 2.24) is 0 Å². The van der Waals surface area contributed by atoms with Crippen LogP contribution in [0.1, 0.15) is 225 Å². The van der Waals surface area contributed by atoms with Crippen LogP contribution < -0.4 is 0 Å². The third-order valence-electron chi connectivity index (χ3n) is 8.77. The fourth-order valence-electron chi connectivity index (χ4n) is 6.03. The van der Waals surface area contributed by atoms with Crippen LogP contribution in [-0.2, 0) is 4.79 Å². The molecule has 1 N–H and O–H groups in total. The molecule has 0 atom stereocenters. The Labute approximate surface area is 261 Å². The van der Waals surface area contributed by atoms with Crippen molar-refractivity contribution in [1.29, 1.82) is 0 Å². The van der Waals surface area contributed by atoms with Crippen molar-refractivity contribution in [3.63, 3.8) is 0 Å². The zero-order valence-electron chi connectivity index (χ0n) is 27.2. The van der Waals surface area contributed by atoms with Crippen molar-refractivity contribution in [3.05, 3.63) is 0 Å². The van der Waals surface area contributed by atoms with Gasteiger partial charge in [0.05, 0.1) is 0 Å². The summed E-state index contributed by atoms with van der Waals surface area (Å²) in [6, 6.07) is 0. The van der Waals surface area contributed by atoms with Gasteiger partial charge in [-0.1, -0.05) is 221 Å². The summed E-state index contributed by atoms with van der Waals surface area (Å²) in [4.78, 5) is 10.5. The molecule has 3 heteroatoms. The van der Waals surface area contributed by atoms with Crippen LogP contribution in [0.15, 0.2) is 0 Å². The predicted octanol–water partition coefficient (Wildman–Crippen LogP) is 14.1. The van der Waals surface area contributed by atoms with Crippen LogP contribution in [-0.4, -0.2) is 16.4 Å². The number of halogens is 1. The minimum absolute atomic E-state index is 0.346.